The molecule has 0 radical (unpaired) electrons. The van der Waals surface area contributed by atoms with Crippen LogP contribution in [-0.2, 0) is 9.59 Å². The van der Waals surface area contributed by atoms with Gasteiger partial charge in [0.15, 0.2) is 0 Å². The Bertz CT molecular complexity index is 621. The van der Waals surface area contributed by atoms with Gasteiger partial charge in [-0.1, -0.05) is 43.4 Å². The van der Waals surface area contributed by atoms with Crippen LogP contribution in [0.3, 0.4) is 0 Å². The Morgan fingerprint density at radius 1 is 1.04 bits per heavy atom. The molecule has 1 N–H and O–H groups in total. The molecule has 0 spiro atoms. The molecule has 2 amide bonds. The monoisotopic (exact) mass is 377 g/mol. The van der Waals surface area contributed by atoms with Gasteiger partial charge in [-0.2, -0.15) is 0 Å². The summed E-state index contributed by atoms with van der Waals surface area (Å²) in [6.45, 7) is 2.80. The molecule has 3 rings (SSSR count). The molecule has 0 aromatic heterocycles. The van der Waals surface area contributed by atoms with E-state index in [0.717, 1.165) is 36.6 Å². The van der Waals surface area contributed by atoms with E-state index in [-0.39, 0.29) is 24.3 Å². The molecule has 26 heavy (non-hydrogen) atoms. The summed E-state index contributed by atoms with van der Waals surface area (Å²) in [5.41, 5.74) is 1.08. The van der Waals surface area contributed by atoms with Crippen molar-refractivity contribution in [1.82, 2.24) is 10.2 Å². The van der Waals surface area contributed by atoms with Crippen LogP contribution in [0.25, 0.3) is 0 Å². The van der Waals surface area contributed by atoms with Crippen LogP contribution in [0.4, 0.5) is 5.69 Å². The van der Waals surface area contributed by atoms with E-state index >= 15 is 0 Å². The molecule has 1 aromatic carbocycles. The third kappa shape index (κ3) is 5.37. The van der Waals surface area contributed by atoms with Gasteiger partial charge in [0, 0.05) is 42.9 Å². The van der Waals surface area contributed by atoms with E-state index in [4.69, 9.17) is 11.6 Å². The van der Waals surface area contributed by atoms with Gasteiger partial charge in [-0.15, -0.1) is 0 Å². The van der Waals surface area contributed by atoms with E-state index < -0.39 is 0 Å². The molecule has 6 heteroatoms. The van der Waals surface area contributed by atoms with Gasteiger partial charge in [0.05, 0.1) is 0 Å². The molecule has 1 saturated carbocycles. The van der Waals surface area contributed by atoms with Crippen LogP contribution in [0.2, 0.25) is 5.02 Å². The molecule has 0 atom stereocenters. The summed E-state index contributed by atoms with van der Waals surface area (Å²) in [6, 6.07) is 8.02. The summed E-state index contributed by atoms with van der Waals surface area (Å²) < 4.78 is 0. The smallest absolute Gasteiger partial charge is 0.232 e. The first-order chi connectivity index (χ1) is 12.6. The zero-order valence-corrected chi connectivity index (χ0v) is 16.0. The average molecular weight is 378 g/mol. The molecular weight excluding hydrogens is 350 g/mol. The van der Waals surface area contributed by atoms with Gasteiger partial charge in [-0.05, 0) is 31.0 Å². The summed E-state index contributed by atoms with van der Waals surface area (Å²) in [5, 5.41) is 3.78. The van der Waals surface area contributed by atoms with Crippen molar-refractivity contribution in [2.75, 3.05) is 31.1 Å². The van der Waals surface area contributed by atoms with E-state index in [0.29, 0.717) is 13.1 Å². The number of nitrogens with zero attached hydrogens (tertiary/aromatic N) is 2. The second-order valence-corrected chi connectivity index (χ2v) is 7.72. The van der Waals surface area contributed by atoms with Gasteiger partial charge >= 0.3 is 0 Å². The number of halogens is 1. The van der Waals surface area contributed by atoms with Gasteiger partial charge in [0.25, 0.3) is 0 Å². The average Bonchev–Trinajstić information content (AvgIpc) is 2.90. The first kappa shape index (κ1) is 19.0. The first-order valence-corrected chi connectivity index (χ1v) is 10.1. The molecule has 142 valence electrons. The number of hydrogen-bond acceptors (Lipinski definition) is 3. The highest BCUT2D eigenvalue weighted by Gasteiger charge is 2.24. The summed E-state index contributed by atoms with van der Waals surface area (Å²) in [5.74, 6) is -0.193. The standard InChI is InChI=1S/C20H28ClN3O2/c21-16-6-5-9-18(14-16)23-10-12-24(13-11-23)20(26)15-19(25)22-17-7-3-1-2-4-8-17/h5-6,9,14,17H,1-4,7-8,10-13,15H2,(H,22,25). The van der Waals surface area contributed by atoms with Crippen LogP contribution in [0, 0.1) is 0 Å². The van der Waals surface area contributed by atoms with Crippen LogP contribution in [0.15, 0.2) is 24.3 Å². The van der Waals surface area contributed by atoms with Gasteiger partial charge in [-0.3, -0.25) is 9.59 Å². The number of piperazine rings is 1. The van der Waals surface area contributed by atoms with Gasteiger partial charge in [-0.25, -0.2) is 0 Å². The Balaban J connectivity index is 1.43. The molecule has 1 heterocycles. The Morgan fingerprint density at radius 3 is 2.38 bits per heavy atom. The minimum absolute atomic E-state index is 0.0341. The predicted octanol–water partition coefficient (Wildman–Crippen LogP) is 3.22. The third-order valence-corrected chi connectivity index (χ3v) is 5.57. The SMILES string of the molecule is O=C(CC(=O)N1CCN(c2cccc(Cl)c2)CC1)NC1CCCCCC1. The fourth-order valence-corrected chi connectivity index (χ4v) is 4.02. The lowest BCUT2D eigenvalue weighted by atomic mass is 10.1. The second-order valence-electron chi connectivity index (χ2n) is 7.28. The maximum Gasteiger partial charge on any atom is 0.232 e. The normalized spacial score (nSPS) is 19.1. The van der Waals surface area contributed by atoms with Crippen molar-refractivity contribution in [3.8, 4) is 0 Å². The van der Waals surface area contributed by atoms with E-state index in [1.54, 1.807) is 4.90 Å². The topological polar surface area (TPSA) is 52.7 Å². The lowest BCUT2D eigenvalue weighted by molar-refractivity contribution is -0.136. The van der Waals surface area contributed by atoms with Gasteiger partial charge < -0.3 is 15.1 Å². The molecule has 2 fully saturated rings. The summed E-state index contributed by atoms with van der Waals surface area (Å²) in [4.78, 5) is 28.7. The summed E-state index contributed by atoms with van der Waals surface area (Å²) in [7, 11) is 0. The predicted molar refractivity (Wildman–Crippen MR) is 104 cm³/mol. The molecular formula is C20H28ClN3O2. The summed E-state index contributed by atoms with van der Waals surface area (Å²) >= 11 is 6.06. The maximum absolute atomic E-state index is 12.4. The fraction of sp³-hybridized carbons (Fsp3) is 0.600. The van der Waals surface area contributed by atoms with Crippen LogP contribution < -0.4 is 10.2 Å². The number of amides is 2. The Morgan fingerprint density at radius 2 is 1.73 bits per heavy atom. The van der Waals surface area contributed by atoms with Crippen LogP contribution in [-0.4, -0.2) is 48.9 Å². The number of rotatable bonds is 4. The first-order valence-electron chi connectivity index (χ1n) is 9.69. The molecule has 1 aliphatic heterocycles. The quantitative estimate of drug-likeness (QED) is 0.647. The maximum atomic E-state index is 12.4. The fourth-order valence-electron chi connectivity index (χ4n) is 3.84. The number of benzene rings is 1. The third-order valence-electron chi connectivity index (χ3n) is 5.34. The molecule has 0 bridgehead atoms. The zero-order chi connectivity index (χ0) is 18.4. The van der Waals surface area contributed by atoms with E-state index in [9.17, 15) is 9.59 Å². The van der Waals surface area contributed by atoms with Crippen molar-refractivity contribution in [3.05, 3.63) is 29.3 Å². The van der Waals surface area contributed by atoms with Crippen LogP contribution in [0.1, 0.15) is 44.9 Å². The van der Waals surface area contributed by atoms with Crippen molar-refractivity contribution in [2.45, 2.75) is 51.0 Å². The summed E-state index contributed by atoms with van der Waals surface area (Å²) in [6.07, 6.45) is 6.89. The molecule has 5 nitrogen and oxygen atoms in total. The van der Waals surface area contributed by atoms with Crippen molar-refractivity contribution in [2.24, 2.45) is 0 Å². The Labute approximate surface area is 160 Å². The van der Waals surface area contributed by atoms with Crippen LogP contribution >= 0.6 is 11.6 Å². The second kappa shape index (κ2) is 9.26. The Kier molecular flexibility index (Phi) is 6.78. The van der Waals surface area contributed by atoms with Crippen LogP contribution in [0.5, 0.6) is 0 Å². The van der Waals surface area contributed by atoms with Gasteiger partial charge in [0.2, 0.25) is 11.8 Å². The lowest BCUT2D eigenvalue weighted by Crippen LogP contribution is -2.50. The molecule has 1 aliphatic carbocycles. The molecule has 2 aliphatic rings. The van der Waals surface area contributed by atoms with E-state index in [1.165, 1.54) is 25.7 Å². The largest absolute Gasteiger partial charge is 0.368 e. The van der Waals surface area contributed by atoms with Crippen molar-refractivity contribution in [1.29, 1.82) is 0 Å². The zero-order valence-electron chi connectivity index (χ0n) is 15.3. The van der Waals surface area contributed by atoms with E-state index in [1.807, 2.05) is 24.3 Å². The highest BCUT2D eigenvalue weighted by atomic mass is 35.5. The Hall–Kier alpha value is -1.75. The number of nitrogens with one attached hydrogen (secondary N) is 1. The highest BCUT2D eigenvalue weighted by molar-refractivity contribution is 6.30. The van der Waals surface area contributed by atoms with Crippen molar-refractivity contribution < 1.29 is 9.59 Å². The minimum Gasteiger partial charge on any atom is -0.368 e. The molecule has 1 aromatic rings. The molecule has 0 unspecified atom stereocenters. The van der Waals surface area contributed by atoms with Gasteiger partial charge in [0.1, 0.15) is 6.42 Å². The lowest BCUT2D eigenvalue weighted by Gasteiger charge is -2.36. The number of carbonyl (C=O) groups excluding carboxylic acids is 2. The number of anilines is 1. The van der Waals surface area contributed by atoms with E-state index in [2.05, 4.69) is 10.2 Å². The number of hydrogen-bond donors (Lipinski definition) is 1. The van der Waals surface area contributed by atoms with Crippen molar-refractivity contribution in [3.63, 3.8) is 0 Å². The molecule has 1 saturated heterocycles. The highest BCUT2D eigenvalue weighted by Crippen LogP contribution is 2.21. The minimum atomic E-state index is -0.126. The van der Waals surface area contributed by atoms with Crippen molar-refractivity contribution >= 4 is 29.1 Å². The number of carbonyl (C=O) groups is 2.